The second kappa shape index (κ2) is 14.4. The maximum Gasteiger partial charge on any atom is 0.274 e. The minimum absolute atomic E-state index is 0.134. The van der Waals surface area contributed by atoms with Crippen LogP contribution in [0.2, 0.25) is 0 Å². The molecule has 1 aliphatic rings. The van der Waals surface area contributed by atoms with Crippen LogP contribution in [0.5, 0.6) is 11.5 Å². The summed E-state index contributed by atoms with van der Waals surface area (Å²) < 4.78 is 12.3. The maximum absolute atomic E-state index is 13.1. The van der Waals surface area contributed by atoms with Gasteiger partial charge in [-0.2, -0.15) is 0 Å². The van der Waals surface area contributed by atoms with E-state index in [0.29, 0.717) is 16.8 Å². The van der Waals surface area contributed by atoms with Crippen LogP contribution in [-0.4, -0.2) is 47.7 Å². The summed E-state index contributed by atoms with van der Waals surface area (Å²) in [5, 5.41) is 3.35. The lowest BCUT2D eigenvalue weighted by atomic mass is 9.98. The van der Waals surface area contributed by atoms with Gasteiger partial charge in [-0.1, -0.05) is 54.6 Å². The Balaban J connectivity index is 1.10. The van der Waals surface area contributed by atoms with Gasteiger partial charge in [-0.3, -0.25) is 19.3 Å². The lowest BCUT2D eigenvalue weighted by Crippen LogP contribution is -2.52. The van der Waals surface area contributed by atoms with Crippen molar-refractivity contribution in [3.05, 3.63) is 156 Å². The molecule has 1 aromatic heterocycles. The number of H-pyrrole nitrogens is 1. The maximum atomic E-state index is 13.1. The fraction of sp³-hybridized carbons (Fsp3) is 0.205. The number of ether oxygens (including phenoxy) is 2. The van der Waals surface area contributed by atoms with Gasteiger partial charge in [0.15, 0.2) is 11.5 Å². The van der Waals surface area contributed by atoms with Gasteiger partial charge in [-0.05, 0) is 89.2 Å². The lowest BCUT2D eigenvalue weighted by Gasteiger charge is -2.29. The Bertz CT molecular complexity index is 2190. The Kier molecular flexibility index (Phi) is 9.68. The zero-order valence-corrected chi connectivity index (χ0v) is 27.3. The quantitative estimate of drug-likeness (QED) is 0.255. The van der Waals surface area contributed by atoms with Gasteiger partial charge in [0.2, 0.25) is 0 Å². The summed E-state index contributed by atoms with van der Waals surface area (Å²) in [4.78, 5) is 44.3. The molecular weight excluding hydrogens is 604 g/mol. The van der Waals surface area contributed by atoms with Gasteiger partial charge in [-0.15, -0.1) is 0 Å². The van der Waals surface area contributed by atoms with Crippen molar-refractivity contribution in [2.24, 2.45) is 7.05 Å². The van der Waals surface area contributed by atoms with Gasteiger partial charge in [0, 0.05) is 37.9 Å². The fourth-order valence-electron chi connectivity index (χ4n) is 5.96. The van der Waals surface area contributed by atoms with Crippen LogP contribution in [0.15, 0.2) is 101 Å². The summed E-state index contributed by atoms with van der Waals surface area (Å²) >= 11 is 0. The van der Waals surface area contributed by atoms with E-state index >= 15 is 0 Å². The summed E-state index contributed by atoms with van der Waals surface area (Å²) in [6.07, 6.45) is 5.11. The Morgan fingerprint density at radius 1 is 0.854 bits per heavy atom. The fourth-order valence-corrected chi connectivity index (χ4v) is 5.96. The van der Waals surface area contributed by atoms with E-state index in [-0.39, 0.29) is 27.7 Å². The highest BCUT2D eigenvalue weighted by Gasteiger charge is 2.19. The first-order chi connectivity index (χ1) is 23.3. The molecule has 6 rings (SSSR count). The molecule has 0 saturated heterocycles. The number of anilines is 1. The number of rotatable bonds is 9. The van der Waals surface area contributed by atoms with Crippen LogP contribution in [-0.2, 0) is 26.4 Å². The molecule has 1 aliphatic heterocycles. The number of nitrogens with one attached hydrogen (secondary N) is 2. The van der Waals surface area contributed by atoms with Crippen molar-refractivity contribution < 1.29 is 14.3 Å². The van der Waals surface area contributed by atoms with Gasteiger partial charge in [0.05, 0.1) is 14.2 Å². The van der Waals surface area contributed by atoms with Crippen molar-refractivity contribution >= 4 is 23.7 Å². The molecule has 0 bridgehead atoms. The smallest absolute Gasteiger partial charge is 0.274 e. The highest BCUT2D eigenvalue weighted by atomic mass is 16.5. The van der Waals surface area contributed by atoms with Crippen LogP contribution in [0.1, 0.15) is 38.2 Å². The number of aromatic nitrogens is 2. The van der Waals surface area contributed by atoms with Crippen LogP contribution in [0, 0.1) is 0 Å². The standard InChI is InChI=1S/C39H38N4O5/c1-42-34(22-27-8-5-4-6-9-27)38(45)41-33(39(42)46)21-28-10-7-11-30(20-28)37(44)40-32-14-12-26(13-15-32)16-18-43-19-17-29-23-35(47-2)36(48-3)24-31(29)25-43/h4-15,20-24H,16-19,25H2,1-3H3,(H,40,44)(H,41,45)/b33-21-,34-22-. The van der Waals surface area contributed by atoms with Gasteiger partial charge >= 0.3 is 0 Å². The second-order valence-corrected chi connectivity index (χ2v) is 11.8. The molecule has 5 aromatic rings. The Morgan fingerprint density at radius 2 is 1.56 bits per heavy atom. The molecule has 2 heterocycles. The number of amides is 1. The zero-order valence-electron chi connectivity index (χ0n) is 27.3. The molecule has 0 spiro atoms. The molecule has 0 atom stereocenters. The van der Waals surface area contributed by atoms with Gasteiger partial charge in [0.1, 0.15) is 10.7 Å². The van der Waals surface area contributed by atoms with E-state index < -0.39 is 0 Å². The first kappa shape index (κ1) is 32.3. The third-order valence-electron chi connectivity index (χ3n) is 8.67. The van der Waals surface area contributed by atoms with E-state index in [9.17, 15) is 14.4 Å². The highest BCUT2D eigenvalue weighted by Crippen LogP contribution is 2.33. The molecule has 2 N–H and O–H groups in total. The molecular formula is C39H38N4O5. The summed E-state index contributed by atoms with van der Waals surface area (Å²) in [6.45, 7) is 2.77. The van der Waals surface area contributed by atoms with Gasteiger partial charge < -0.3 is 24.3 Å². The van der Waals surface area contributed by atoms with Crippen molar-refractivity contribution in [2.75, 3.05) is 32.6 Å². The molecule has 9 heteroatoms. The summed E-state index contributed by atoms with van der Waals surface area (Å²) in [5.74, 6) is 1.25. The van der Waals surface area contributed by atoms with Crippen molar-refractivity contribution in [3.8, 4) is 11.5 Å². The predicted octanol–water partition coefficient (Wildman–Crippen LogP) is 3.60. The molecule has 0 aliphatic carbocycles. The number of hydrogen-bond donors (Lipinski definition) is 2. The van der Waals surface area contributed by atoms with E-state index in [1.165, 1.54) is 21.3 Å². The highest BCUT2D eigenvalue weighted by molar-refractivity contribution is 6.04. The third kappa shape index (κ3) is 7.32. The number of carbonyl (C=O) groups excluding carboxylic acids is 1. The molecule has 244 valence electrons. The third-order valence-corrected chi connectivity index (χ3v) is 8.67. The average Bonchev–Trinajstić information content (AvgIpc) is 3.11. The van der Waals surface area contributed by atoms with Gasteiger partial charge in [-0.25, -0.2) is 0 Å². The number of aromatic amines is 1. The predicted molar refractivity (Wildman–Crippen MR) is 188 cm³/mol. The largest absolute Gasteiger partial charge is 0.493 e. The molecule has 0 fully saturated rings. The SMILES string of the molecule is COc1cc2c(cc1OC)CN(CCc1ccc(NC(=O)c3cccc(/C=c4\[nH]c(=O)/c(=C/c5ccccc5)n(C)c4=O)c3)cc1)CC2. The van der Waals surface area contributed by atoms with Crippen molar-refractivity contribution in [3.63, 3.8) is 0 Å². The number of fused-ring (bicyclic) bond motifs is 1. The van der Waals surface area contributed by atoms with Crippen LogP contribution in [0.25, 0.3) is 12.2 Å². The molecule has 1 amide bonds. The minimum atomic E-state index is -0.382. The second-order valence-electron chi connectivity index (χ2n) is 11.8. The van der Waals surface area contributed by atoms with Crippen LogP contribution in [0.4, 0.5) is 5.69 Å². The normalized spacial score (nSPS) is 13.6. The van der Waals surface area contributed by atoms with E-state index in [2.05, 4.69) is 27.3 Å². The molecule has 9 nitrogen and oxygen atoms in total. The Morgan fingerprint density at radius 3 is 2.29 bits per heavy atom. The minimum Gasteiger partial charge on any atom is -0.493 e. The van der Waals surface area contributed by atoms with Gasteiger partial charge in [0.25, 0.3) is 17.0 Å². The number of nitrogens with zero attached hydrogens (tertiary/aromatic N) is 2. The van der Waals surface area contributed by atoms with Crippen molar-refractivity contribution in [1.82, 2.24) is 14.5 Å². The molecule has 4 aromatic carbocycles. The van der Waals surface area contributed by atoms with E-state index in [1.807, 2.05) is 54.6 Å². The van der Waals surface area contributed by atoms with E-state index in [4.69, 9.17) is 9.47 Å². The summed E-state index contributed by atoms with van der Waals surface area (Å²) in [7, 11) is 4.89. The number of benzene rings is 4. The number of methoxy groups -OCH3 is 2. The molecule has 48 heavy (non-hydrogen) atoms. The zero-order chi connectivity index (χ0) is 33.6. The molecule has 0 saturated carbocycles. The summed E-state index contributed by atoms with van der Waals surface area (Å²) in [5.41, 5.74) is 5.58. The molecule has 0 radical (unpaired) electrons. The average molecular weight is 643 g/mol. The first-order valence-electron chi connectivity index (χ1n) is 15.9. The first-order valence-corrected chi connectivity index (χ1v) is 15.9. The number of hydrogen-bond acceptors (Lipinski definition) is 6. The van der Waals surface area contributed by atoms with E-state index in [1.54, 1.807) is 57.7 Å². The van der Waals surface area contributed by atoms with Crippen LogP contribution < -0.4 is 36.6 Å². The lowest BCUT2D eigenvalue weighted by molar-refractivity contribution is 0.102. The van der Waals surface area contributed by atoms with Crippen LogP contribution in [0.3, 0.4) is 0 Å². The monoisotopic (exact) mass is 642 g/mol. The van der Waals surface area contributed by atoms with Crippen molar-refractivity contribution in [2.45, 2.75) is 19.4 Å². The molecule has 0 unspecified atom stereocenters. The summed E-state index contributed by atoms with van der Waals surface area (Å²) in [6, 6.07) is 28.3. The number of carbonyl (C=O) groups is 1. The van der Waals surface area contributed by atoms with Crippen LogP contribution >= 0.6 is 0 Å². The van der Waals surface area contributed by atoms with Crippen molar-refractivity contribution in [1.29, 1.82) is 0 Å². The Hall–Kier alpha value is -5.67. The Labute approximate surface area is 278 Å². The topological polar surface area (TPSA) is 106 Å². The van der Waals surface area contributed by atoms with E-state index in [0.717, 1.165) is 49.5 Å².